The van der Waals surface area contributed by atoms with Crippen molar-refractivity contribution in [2.45, 2.75) is 38.8 Å². The van der Waals surface area contributed by atoms with Gasteiger partial charge in [0.1, 0.15) is 12.4 Å². The van der Waals surface area contributed by atoms with Crippen LogP contribution in [0, 0.1) is 0 Å². The van der Waals surface area contributed by atoms with E-state index in [0.29, 0.717) is 18.5 Å². The molecule has 21 heavy (non-hydrogen) atoms. The molecular formula is C17H21N3O. The molecule has 0 aliphatic heterocycles. The quantitative estimate of drug-likeness (QED) is 0.916. The monoisotopic (exact) mass is 283 g/mol. The molecule has 4 heteroatoms. The molecule has 1 aliphatic rings. The summed E-state index contributed by atoms with van der Waals surface area (Å²) in [6.45, 7) is 3.57. The van der Waals surface area contributed by atoms with Crippen molar-refractivity contribution in [1.29, 1.82) is 0 Å². The van der Waals surface area contributed by atoms with E-state index < -0.39 is 0 Å². The van der Waals surface area contributed by atoms with Gasteiger partial charge in [0, 0.05) is 18.4 Å². The Bertz CT molecular complexity index is 586. The minimum atomic E-state index is 0.420. The molecule has 1 aromatic heterocycles. The van der Waals surface area contributed by atoms with Gasteiger partial charge in [-0.15, -0.1) is 0 Å². The Kier molecular flexibility index (Phi) is 4.46. The molecule has 1 unspecified atom stereocenters. The Labute approximate surface area is 125 Å². The molecule has 0 saturated heterocycles. The maximum atomic E-state index is 5.96. The minimum Gasteiger partial charge on any atom is -0.485 e. The number of aromatic nitrogens is 2. The van der Waals surface area contributed by atoms with Crippen LogP contribution in [-0.2, 0) is 13.0 Å². The Hall–Kier alpha value is -1.94. The van der Waals surface area contributed by atoms with Gasteiger partial charge in [-0.1, -0.05) is 19.1 Å². The first-order valence-electron chi connectivity index (χ1n) is 7.62. The summed E-state index contributed by atoms with van der Waals surface area (Å²) in [7, 11) is 0. The Morgan fingerprint density at radius 2 is 2.10 bits per heavy atom. The molecule has 3 rings (SSSR count). The molecule has 110 valence electrons. The van der Waals surface area contributed by atoms with Gasteiger partial charge >= 0.3 is 0 Å². The Balaban J connectivity index is 1.78. The van der Waals surface area contributed by atoms with Gasteiger partial charge in [0.2, 0.25) is 0 Å². The van der Waals surface area contributed by atoms with Crippen molar-refractivity contribution in [2.24, 2.45) is 0 Å². The third kappa shape index (κ3) is 3.22. The van der Waals surface area contributed by atoms with E-state index in [2.05, 4.69) is 40.4 Å². The van der Waals surface area contributed by atoms with Crippen molar-refractivity contribution in [1.82, 2.24) is 15.3 Å². The first-order chi connectivity index (χ1) is 10.4. The molecule has 1 N–H and O–H groups in total. The SMILES string of the molecule is CCNC1CCCc2c(OCc3ncccn3)cccc21. The van der Waals surface area contributed by atoms with E-state index in [4.69, 9.17) is 4.74 Å². The van der Waals surface area contributed by atoms with Gasteiger partial charge in [-0.3, -0.25) is 0 Å². The molecule has 0 saturated carbocycles. The van der Waals surface area contributed by atoms with Gasteiger partial charge in [-0.25, -0.2) is 9.97 Å². The van der Waals surface area contributed by atoms with Crippen LogP contribution in [0.3, 0.4) is 0 Å². The van der Waals surface area contributed by atoms with Crippen molar-refractivity contribution >= 4 is 0 Å². The average molecular weight is 283 g/mol. The lowest BCUT2D eigenvalue weighted by atomic mass is 9.87. The second-order valence-electron chi connectivity index (χ2n) is 5.28. The van der Waals surface area contributed by atoms with Crippen LogP contribution in [0.25, 0.3) is 0 Å². The highest BCUT2D eigenvalue weighted by atomic mass is 16.5. The first kappa shape index (κ1) is 14.0. The predicted octanol–water partition coefficient (Wildman–Crippen LogP) is 3.04. The number of benzene rings is 1. The number of hydrogen-bond donors (Lipinski definition) is 1. The standard InChI is InChI=1S/C17H21N3O/c1-2-18-15-8-3-7-14-13(15)6-4-9-16(14)21-12-17-19-10-5-11-20-17/h4-6,9-11,15,18H,2-3,7-8,12H2,1H3. The lowest BCUT2D eigenvalue weighted by Gasteiger charge is -2.27. The fourth-order valence-corrected chi connectivity index (χ4v) is 2.96. The van der Waals surface area contributed by atoms with E-state index in [1.807, 2.05) is 6.07 Å². The summed E-state index contributed by atoms with van der Waals surface area (Å²) >= 11 is 0. The fraction of sp³-hybridized carbons (Fsp3) is 0.412. The molecule has 1 heterocycles. The van der Waals surface area contributed by atoms with E-state index >= 15 is 0 Å². The smallest absolute Gasteiger partial charge is 0.166 e. The second-order valence-corrected chi connectivity index (χ2v) is 5.28. The van der Waals surface area contributed by atoms with Gasteiger partial charge in [0.05, 0.1) is 0 Å². The van der Waals surface area contributed by atoms with Crippen molar-refractivity contribution in [3.8, 4) is 5.75 Å². The van der Waals surface area contributed by atoms with Crippen LogP contribution in [-0.4, -0.2) is 16.5 Å². The summed E-state index contributed by atoms with van der Waals surface area (Å²) < 4.78 is 5.96. The third-order valence-electron chi connectivity index (χ3n) is 3.89. The lowest BCUT2D eigenvalue weighted by Crippen LogP contribution is -2.25. The van der Waals surface area contributed by atoms with Crippen LogP contribution in [0.4, 0.5) is 0 Å². The van der Waals surface area contributed by atoms with Crippen LogP contribution in [0.1, 0.15) is 42.8 Å². The van der Waals surface area contributed by atoms with Gasteiger partial charge in [-0.2, -0.15) is 0 Å². The molecular weight excluding hydrogens is 262 g/mol. The van der Waals surface area contributed by atoms with Gasteiger partial charge < -0.3 is 10.1 Å². The molecule has 2 aromatic rings. The van der Waals surface area contributed by atoms with Gasteiger partial charge in [0.15, 0.2) is 5.82 Å². The van der Waals surface area contributed by atoms with Crippen molar-refractivity contribution in [2.75, 3.05) is 6.54 Å². The van der Waals surface area contributed by atoms with Crippen LogP contribution < -0.4 is 10.1 Å². The topological polar surface area (TPSA) is 47.0 Å². The zero-order valence-corrected chi connectivity index (χ0v) is 12.4. The fourth-order valence-electron chi connectivity index (χ4n) is 2.96. The molecule has 1 atom stereocenters. The molecule has 0 amide bonds. The van der Waals surface area contributed by atoms with E-state index in [9.17, 15) is 0 Å². The zero-order chi connectivity index (χ0) is 14.5. The minimum absolute atomic E-state index is 0.420. The second kappa shape index (κ2) is 6.68. The van der Waals surface area contributed by atoms with Crippen LogP contribution in [0.15, 0.2) is 36.7 Å². The number of nitrogens with zero attached hydrogens (tertiary/aromatic N) is 2. The molecule has 0 radical (unpaired) electrons. The van der Waals surface area contributed by atoms with Crippen molar-refractivity contribution in [3.05, 3.63) is 53.6 Å². The number of ether oxygens (including phenoxy) is 1. The number of nitrogens with one attached hydrogen (secondary N) is 1. The maximum absolute atomic E-state index is 5.96. The first-order valence-corrected chi connectivity index (χ1v) is 7.62. The van der Waals surface area contributed by atoms with E-state index in [1.165, 1.54) is 24.0 Å². The molecule has 0 spiro atoms. The Morgan fingerprint density at radius 3 is 2.90 bits per heavy atom. The average Bonchev–Trinajstić information content (AvgIpc) is 2.54. The highest BCUT2D eigenvalue weighted by Crippen LogP contribution is 2.35. The highest BCUT2D eigenvalue weighted by molar-refractivity contribution is 5.43. The summed E-state index contributed by atoms with van der Waals surface area (Å²) in [5, 5.41) is 3.56. The maximum Gasteiger partial charge on any atom is 0.166 e. The summed E-state index contributed by atoms with van der Waals surface area (Å²) in [6, 6.07) is 8.62. The van der Waals surface area contributed by atoms with Crippen LogP contribution in [0.5, 0.6) is 5.75 Å². The normalized spacial score (nSPS) is 17.3. The van der Waals surface area contributed by atoms with E-state index in [0.717, 1.165) is 18.7 Å². The third-order valence-corrected chi connectivity index (χ3v) is 3.89. The molecule has 1 aliphatic carbocycles. The van der Waals surface area contributed by atoms with Crippen molar-refractivity contribution in [3.63, 3.8) is 0 Å². The highest BCUT2D eigenvalue weighted by Gasteiger charge is 2.22. The van der Waals surface area contributed by atoms with Crippen LogP contribution in [0.2, 0.25) is 0 Å². The largest absolute Gasteiger partial charge is 0.485 e. The lowest BCUT2D eigenvalue weighted by molar-refractivity contribution is 0.289. The van der Waals surface area contributed by atoms with E-state index in [-0.39, 0.29) is 0 Å². The molecule has 4 nitrogen and oxygen atoms in total. The summed E-state index contributed by atoms with van der Waals surface area (Å²) in [6.07, 6.45) is 6.97. The number of rotatable bonds is 5. The van der Waals surface area contributed by atoms with Crippen LogP contribution >= 0.6 is 0 Å². The Morgan fingerprint density at radius 1 is 1.24 bits per heavy atom. The number of fused-ring (bicyclic) bond motifs is 1. The predicted molar refractivity (Wildman–Crippen MR) is 82.2 cm³/mol. The summed E-state index contributed by atoms with van der Waals surface area (Å²) in [5.74, 6) is 1.69. The van der Waals surface area contributed by atoms with Crippen molar-refractivity contribution < 1.29 is 4.74 Å². The van der Waals surface area contributed by atoms with Gasteiger partial charge in [0.25, 0.3) is 0 Å². The van der Waals surface area contributed by atoms with E-state index in [1.54, 1.807) is 12.4 Å². The number of hydrogen-bond acceptors (Lipinski definition) is 4. The molecule has 1 aromatic carbocycles. The summed E-state index contributed by atoms with van der Waals surface area (Å²) in [4.78, 5) is 8.40. The summed E-state index contributed by atoms with van der Waals surface area (Å²) in [5.41, 5.74) is 2.72. The molecule has 0 bridgehead atoms. The van der Waals surface area contributed by atoms with Gasteiger partial charge in [-0.05, 0) is 49.1 Å². The zero-order valence-electron chi connectivity index (χ0n) is 12.4. The molecule has 0 fully saturated rings.